The molecule has 3 aromatic rings. The van der Waals surface area contributed by atoms with Gasteiger partial charge in [0.1, 0.15) is 0 Å². The number of hydrogen-bond acceptors (Lipinski definition) is 3. The van der Waals surface area contributed by atoms with Crippen LogP contribution < -0.4 is 0 Å². The van der Waals surface area contributed by atoms with Crippen LogP contribution in [0.5, 0.6) is 0 Å². The maximum absolute atomic E-state index is 11.2. The molecule has 0 radical (unpaired) electrons. The Kier molecular flexibility index (Phi) is 3.29. The lowest BCUT2D eigenvalue weighted by Gasteiger charge is -2.07. The minimum atomic E-state index is -0.839. The van der Waals surface area contributed by atoms with Crippen LogP contribution >= 0.6 is 11.3 Å². The highest BCUT2D eigenvalue weighted by atomic mass is 32.1. The van der Waals surface area contributed by atoms with Crippen LogP contribution in [0.3, 0.4) is 0 Å². The van der Waals surface area contributed by atoms with E-state index >= 15 is 0 Å². The number of carbonyl (C=O) groups is 1. The van der Waals surface area contributed by atoms with E-state index in [4.69, 9.17) is 0 Å². The Morgan fingerprint density at radius 3 is 2.76 bits per heavy atom. The fraction of sp³-hybridized carbons (Fsp3) is 0.250. The molecule has 5 heteroatoms. The number of aryl methyl sites for hydroxylation is 3. The van der Waals surface area contributed by atoms with Crippen molar-refractivity contribution in [2.45, 2.75) is 27.2 Å². The summed E-state index contributed by atoms with van der Waals surface area (Å²) >= 11 is 1.54. The Labute approximate surface area is 126 Å². The van der Waals surface area contributed by atoms with Crippen LogP contribution in [0.25, 0.3) is 16.2 Å². The highest BCUT2D eigenvalue weighted by Crippen LogP contribution is 2.31. The molecular weight excluding hydrogens is 284 g/mol. The van der Waals surface area contributed by atoms with Gasteiger partial charge >= 0.3 is 5.97 Å². The molecule has 3 rings (SSSR count). The van der Waals surface area contributed by atoms with Crippen molar-refractivity contribution in [2.24, 2.45) is 0 Å². The quantitative estimate of drug-likeness (QED) is 0.804. The second kappa shape index (κ2) is 5.00. The van der Waals surface area contributed by atoms with Gasteiger partial charge in [-0.15, -0.1) is 11.3 Å². The molecule has 0 bridgehead atoms. The topological polar surface area (TPSA) is 54.6 Å². The van der Waals surface area contributed by atoms with Crippen molar-refractivity contribution >= 4 is 22.3 Å². The summed E-state index contributed by atoms with van der Waals surface area (Å²) in [5.74, 6) is -0.839. The van der Waals surface area contributed by atoms with Gasteiger partial charge in [0.25, 0.3) is 0 Å². The molecule has 0 aliphatic rings. The van der Waals surface area contributed by atoms with E-state index in [0.717, 1.165) is 33.2 Å². The van der Waals surface area contributed by atoms with Gasteiger partial charge in [0, 0.05) is 16.6 Å². The van der Waals surface area contributed by atoms with Crippen molar-refractivity contribution in [2.75, 3.05) is 0 Å². The Morgan fingerprint density at radius 1 is 1.33 bits per heavy atom. The summed E-state index contributed by atoms with van der Waals surface area (Å²) in [7, 11) is 0. The van der Waals surface area contributed by atoms with Crippen LogP contribution in [-0.2, 0) is 11.2 Å². The molecule has 0 saturated heterocycles. The first-order chi connectivity index (χ1) is 9.97. The normalized spacial score (nSPS) is 11.2. The first kappa shape index (κ1) is 13.8. The van der Waals surface area contributed by atoms with Gasteiger partial charge in [0.15, 0.2) is 4.96 Å². The molecule has 2 heterocycles. The van der Waals surface area contributed by atoms with Gasteiger partial charge in [-0.2, -0.15) is 0 Å². The Hall–Kier alpha value is -2.14. The van der Waals surface area contributed by atoms with Crippen LogP contribution in [0.4, 0.5) is 0 Å². The molecular formula is C16H16N2O2S. The summed E-state index contributed by atoms with van der Waals surface area (Å²) in [4.78, 5) is 16.7. The van der Waals surface area contributed by atoms with E-state index in [9.17, 15) is 9.90 Å². The standard InChI is InChI=1S/C16H16N2O2S/c1-9-4-5-12(10(2)6-9)15-13(7-14(19)20)18-11(3)8-21-16(18)17-15/h4-6,8H,7H2,1-3H3,(H,19,20). The SMILES string of the molecule is Cc1ccc(-c2nc3scc(C)n3c2CC(=O)O)c(C)c1. The highest BCUT2D eigenvalue weighted by Gasteiger charge is 2.20. The van der Waals surface area contributed by atoms with Crippen LogP contribution in [0.1, 0.15) is 22.5 Å². The smallest absolute Gasteiger partial charge is 0.309 e. The summed E-state index contributed by atoms with van der Waals surface area (Å²) in [5.41, 5.74) is 5.87. The molecule has 0 fully saturated rings. The predicted octanol–water partition coefficient (Wildman–Crippen LogP) is 3.62. The molecule has 2 aromatic heterocycles. The average molecular weight is 300 g/mol. The number of benzene rings is 1. The summed E-state index contributed by atoms with van der Waals surface area (Å²) < 4.78 is 1.95. The molecule has 4 nitrogen and oxygen atoms in total. The minimum Gasteiger partial charge on any atom is -0.481 e. The molecule has 0 atom stereocenters. The number of fused-ring (bicyclic) bond motifs is 1. The van der Waals surface area contributed by atoms with E-state index in [1.165, 1.54) is 16.9 Å². The molecule has 0 aliphatic heterocycles. The van der Waals surface area contributed by atoms with Gasteiger partial charge in [-0.3, -0.25) is 9.20 Å². The Bertz CT molecular complexity index is 845. The first-order valence-corrected chi connectivity index (χ1v) is 7.60. The van der Waals surface area contributed by atoms with E-state index in [1.54, 1.807) is 0 Å². The first-order valence-electron chi connectivity index (χ1n) is 6.72. The second-order valence-electron chi connectivity index (χ2n) is 5.29. The van der Waals surface area contributed by atoms with Crippen molar-refractivity contribution in [3.05, 3.63) is 46.1 Å². The molecule has 0 spiro atoms. The fourth-order valence-corrected chi connectivity index (χ4v) is 3.55. The average Bonchev–Trinajstić information content (AvgIpc) is 2.91. The Morgan fingerprint density at radius 2 is 2.10 bits per heavy atom. The third-order valence-corrected chi connectivity index (χ3v) is 4.53. The van der Waals surface area contributed by atoms with Crippen molar-refractivity contribution in [3.8, 4) is 11.3 Å². The van der Waals surface area contributed by atoms with Crippen LogP contribution in [0.2, 0.25) is 0 Å². The number of carboxylic acids is 1. The van der Waals surface area contributed by atoms with Crippen LogP contribution in [0.15, 0.2) is 23.6 Å². The van der Waals surface area contributed by atoms with Crippen LogP contribution in [0, 0.1) is 20.8 Å². The molecule has 21 heavy (non-hydrogen) atoms. The number of nitrogens with zero attached hydrogens (tertiary/aromatic N) is 2. The van der Waals surface area contributed by atoms with E-state index in [1.807, 2.05) is 42.7 Å². The molecule has 1 N–H and O–H groups in total. The van der Waals surface area contributed by atoms with Gasteiger partial charge in [-0.05, 0) is 26.3 Å². The van der Waals surface area contributed by atoms with Crippen molar-refractivity contribution in [1.29, 1.82) is 0 Å². The predicted molar refractivity (Wildman–Crippen MR) is 84.1 cm³/mol. The van der Waals surface area contributed by atoms with E-state index < -0.39 is 5.97 Å². The number of imidazole rings is 1. The van der Waals surface area contributed by atoms with E-state index in [2.05, 4.69) is 11.1 Å². The van der Waals surface area contributed by atoms with Gasteiger partial charge in [0.05, 0.1) is 17.8 Å². The molecule has 0 saturated carbocycles. The van der Waals surface area contributed by atoms with Crippen molar-refractivity contribution in [1.82, 2.24) is 9.38 Å². The highest BCUT2D eigenvalue weighted by molar-refractivity contribution is 7.15. The monoisotopic (exact) mass is 300 g/mol. The number of aliphatic carboxylic acids is 1. The van der Waals surface area contributed by atoms with Crippen molar-refractivity contribution in [3.63, 3.8) is 0 Å². The summed E-state index contributed by atoms with van der Waals surface area (Å²) in [6.45, 7) is 6.06. The molecule has 0 amide bonds. The second-order valence-corrected chi connectivity index (χ2v) is 6.13. The lowest BCUT2D eigenvalue weighted by Crippen LogP contribution is -2.05. The van der Waals surface area contributed by atoms with Gasteiger partial charge < -0.3 is 5.11 Å². The van der Waals surface area contributed by atoms with Crippen molar-refractivity contribution < 1.29 is 9.90 Å². The summed E-state index contributed by atoms with van der Waals surface area (Å²) in [6.07, 6.45) is -0.0264. The maximum Gasteiger partial charge on any atom is 0.309 e. The Balaban J connectivity index is 2.28. The molecule has 0 aliphatic carbocycles. The summed E-state index contributed by atoms with van der Waals surface area (Å²) in [6, 6.07) is 6.16. The fourth-order valence-electron chi connectivity index (χ4n) is 2.67. The number of thiazole rings is 1. The number of aromatic nitrogens is 2. The maximum atomic E-state index is 11.2. The van der Waals surface area contributed by atoms with E-state index in [0.29, 0.717) is 0 Å². The van der Waals surface area contributed by atoms with Gasteiger partial charge in [0.2, 0.25) is 0 Å². The molecule has 108 valence electrons. The third kappa shape index (κ3) is 2.34. The zero-order valence-electron chi connectivity index (χ0n) is 12.2. The largest absolute Gasteiger partial charge is 0.481 e. The lowest BCUT2D eigenvalue weighted by atomic mass is 10.0. The summed E-state index contributed by atoms with van der Waals surface area (Å²) in [5, 5.41) is 11.2. The molecule has 0 unspecified atom stereocenters. The molecule has 1 aromatic carbocycles. The van der Waals surface area contributed by atoms with Gasteiger partial charge in [-0.25, -0.2) is 4.98 Å². The number of carboxylic acid groups (broad SMARTS) is 1. The third-order valence-electron chi connectivity index (χ3n) is 3.59. The van der Waals surface area contributed by atoms with E-state index in [-0.39, 0.29) is 6.42 Å². The lowest BCUT2D eigenvalue weighted by molar-refractivity contribution is -0.136. The zero-order valence-corrected chi connectivity index (χ0v) is 13.0. The minimum absolute atomic E-state index is 0.0264. The zero-order chi connectivity index (χ0) is 15.1. The number of rotatable bonds is 3. The van der Waals surface area contributed by atoms with Gasteiger partial charge in [-0.1, -0.05) is 23.8 Å². The van der Waals surface area contributed by atoms with Crippen LogP contribution in [-0.4, -0.2) is 20.5 Å². The number of hydrogen-bond donors (Lipinski definition) is 1.